The number of nitrogens with one attached hydrogen (secondary N) is 2. The molecule has 0 saturated heterocycles. The van der Waals surface area contributed by atoms with Crippen molar-refractivity contribution in [1.29, 1.82) is 0 Å². The van der Waals surface area contributed by atoms with Crippen LogP contribution in [0.3, 0.4) is 0 Å². The van der Waals surface area contributed by atoms with Crippen molar-refractivity contribution in [3.05, 3.63) is 48.0 Å². The Balaban J connectivity index is 1.71. The van der Waals surface area contributed by atoms with Crippen molar-refractivity contribution in [2.75, 3.05) is 19.9 Å². The Hall–Kier alpha value is -2.38. The van der Waals surface area contributed by atoms with Gasteiger partial charge in [-0.25, -0.2) is 8.42 Å². The maximum atomic E-state index is 12.7. The highest BCUT2D eigenvalue weighted by atomic mass is 32.2. The second-order valence-corrected chi connectivity index (χ2v) is 10.3. The Morgan fingerprint density at radius 1 is 1.03 bits per heavy atom. The molecule has 1 saturated carbocycles. The summed E-state index contributed by atoms with van der Waals surface area (Å²) in [6.45, 7) is 2.03. The van der Waals surface area contributed by atoms with Crippen molar-refractivity contribution in [2.45, 2.75) is 50.1 Å². The van der Waals surface area contributed by atoms with Gasteiger partial charge < -0.3 is 15.4 Å². The smallest absolute Gasteiger partial charge is 0.223 e. The van der Waals surface area contributed by atoms with Crippen LogP contribution < -0.4 is 15.4 Å². The molecule has 168 valence electrons. The highest BCUT2D eigenvalue weighted by Gasteiger charge is 2.25. The molecule has 1 aliphatic carbocycles. The Morgan fingerprint density at radius 3 is 2.26 bits per heavy atom. The number of carbonyl (C=O) groups is 1. The summed E-state index contributed by atoms with van der Waals surface area (Å²) < 4.78 is 29.6. The van der Waals surface area contributed by atoms with E-state index in [1.165, 1.54) is 0 Å². The lowest BCUT2D eigenvalue weighted by Crippen LogP contribution is -2.37. The van der Waals surface area contributed by atoms with Gasteiger partial charge in [0, 0.05) is 24.1 Å². The van der Waals surface area contributed by atoms with Gasteiger partial charge in [0.25, 0.3) is 0 Å². The third kappa shape index (κ3) is 5.66. The minimum absolute atomic E-state index is 0.0619. The Labute approximate surface area is 185 Å². The van der Waals surface area contributed by atoms with Gasteiger partial charge in [0.05, 0.1) is 17.8 Å². The molecule has 1 aliphatic rings. The van der Waals surface area contributed by atoms with E-state index in [9.17, 15) is 13.2 Å². The van der Waals surface area contributed by atoms with E-state index in [1.54, 1.807) is 26.2 Å². The van der Waals surface area contributed by atoms with E-state index in [-0.39, 0.29) is 17.6 Å². The number of hydrogen-bond donors (Lipinski definition) is 2. The highest BCUT2D eigenvalue weighted by molar-refractivity contribution is 7.91. The summed E-state index contributed by atoms with van der Waals surface area (Å²) in [5.74, 6) is 0.950. The van der Waals surface area contributed by atoms with Gasteiger partial charge in [-0.05, 0) is 68.1 Å². The number of sulfone groups is 1. The maximum Gasteiger partial charge on any atom is 0.223 e. The summed E-state index contributed by atoms with van der Waals surface area (Å²) in [6, 6.07) is 13.2. The molecule has 2 aromatic carbocycles. The molecule has 7 heteroatoms. The van der Waals surface area contributed by atoms with E-state index in [2.05, 4.69) is 10.6 Å². The number of ether oxygens (including phenoxy) is 1. The predicted molar refractivity (Wildman–Crippen MR) is 123 cm³/mol. The Bertz CT molecular complexity index is 995. The molecule has 31 heavy (non-hydrogen) atoms. The quantitative estimate of drug-likeness (QED) is 0.650. The minimum atomic E-state index is -3.22. The minimum Gasteiger partial charge on any atom is -0.496 e. The lowest BCUT2D eigenvalue weighted by molar-refractivity contribution is -0.126. The van der Waals surface area contributed by atoms with E-state index in [0.29, 0.717) is 23.2 Å². The van der Waals surface area contributed by atoms with Crippen molar-refractivity contribution < 1.29 is 17.9 Å². The number of hydrogen-bond acceptors (Lipinski definition) is 5. The standard InChI is InChI=1S/C24H32N2O4S/c1-4-31(28,29)22-12-7-17(8-13-22)19-9-14-23(30-3)20(15-19)16-26-24(27)18-5-10-21(25-2)11-6-18/h7-9,12-15,18,21,25H,4-6,10-11,16H2,1-3H3,(H,26,27). The van der Waals surface area contributed by atoms with Crippen molar-refractivity contribution >= 4 is 15.7 Å². The highest BCUT2D eigenvalue weighted by Crippen LogP contribution is 2.28. The summed E-state index contributed by atoms with van der Waals surface area (Å²) in [4.78, 5) is 13.0. The molecule has 0 radical (unpaired) electrons. The predicted octanol–water partition coefficient (Wildman–Crippen LogP) is 3.55. The van der Waals surface area contributed by atoms with Gasteiger partial charge >= 0.3 is 0 Å². The van der Waals surface area contributed by atoms with Crippen LogP contribution in [0, 0.1) is 5.92 Å². The lowest BCUT2D eigenvalue weighted by atomic mass is 9.85. The van der Waals surface area contributed by atoms with Crippen LogP contribution in [0.15, 0.2) is 47.4 Å². The fraction of sp³-hybridized carbons (Fsp3) is 0.458. The van der Waals surface area contributed by atoms with Crippen LogP contribution in [-0.2, 0) is 21.2 Å². The fourth-order valence-corrected chi connectivity index (χ4v) is 4.97. The van der Waals surface area contributed by atoms with Crippen LogP contribution in [0.25, 0.3) is 11.1 Å². The maximum absolute atomic E-state index is 12.7. The van der Waals surface area contributed by atoms with Crippen molar-refractivity contribution in [1.82, 2.24) is 10.6 Å². The van der Waals surface area contributed by atoms with Crippen molar-refractivity contribution in [3.8, 4) is 16.9 Å². The van der Waals surface area contributed by atoms with Gasteiger partial charge in [-0.15, -0.1) is 0 Å². The lowest BCUT2D eigenvalue weighted by Gasteiger charge is -2.27. The topological polar surface area (TPSA) is 84.5 Å². The molecule has 0 atom stereocenters. The molecule has 0 spiro atoms. The fourth-order valence-electron chi connectivity index (χ4n) is 4.09. The Kier molecular flexibility index (Phi) is 7.73. The molecule has 1 amide bonds. The molecule has 0 aromatic heterocycles. The SMILES string of the molecule is CCS(=O)(=O)c1ccc(-c2ccc(OC)c(CNC(=O)C3CCC(NC)CC3)c2)cc1. The number of benzene rings is 2. The second kappa shape index (κ2) is 10.3. The number of carbonyl (C=O) groups excluding carboxylic acids is 1. The molecule has 2 N–H and O–H groups in total. The molecule has 0 unspecified atom stereocenters. The molecule has 2 aromatic rings. The first-order chi connectivity index (χ1) is 14.9. The van der Waals surface area contributed by atoms with Crippen LogP contribution in [0.1, 0.15) is 38.2 Å². The third-order valence-electron chi connectivity index (χ3n) is 6.17. The van der Waals surface area contributed by atoms with E-state index >= 15 is 0 Å². The molecule has 6 nitrogen and oxygen atoms in total. The summed E-state index contributed by atoms with van der Waals surface area (Å²) in [5, 5.41) is 6.36. The zero-order valence-corrected chi connectivity index (χ0v) is 19.3. The number of amides is 1. The first-order valence-electron chi connectivity index (χ1n) is 10.8. The van der Waals surface area contributed by atoms with Crippen molar-refractivity contribution in [3.63, 3.8) is 0 Å². The van der Waals surface area contributed by atoms with Gasteiger partial charge in [-0.3, -0.25) is 4.79 Å². The summed E-state index contributed by atoms with van der Waals surface area (Å²) >= 11 is 0. The van der Waals surface area contributed by atoms with E-state index < -0.39 is 9.84 Å². The van der Waals surface area contributed by atoms with E-state index in [4.69, 9.17) is 4.74 Å². The second-order valence-electron chi connectivity index (χ2n) is 8.01. The van der Waals surface area contributed by atoms with E-state index in [1.807, 2.05) is 37.4 Å². The van der Waals surface area contributed by atoms with Gasteiger partial charge in [0.15, 0.2) is 9.84 Å². The van der Waals surface area contributed by atoms with Crippen LogP contribution >= 0.6 is 0 Å². The van der Waals surface area contributed by atoms with Crippen LogP contribution in [-0.4, -0.2) is 40.3 Å². The van der Waals surface area contributed by atoms with Gasteiger partial charge in [-0.1, -0.05) is 25.1 Å². The molecule has 0 bridgehead atoms. The first kappa shape index (κ1) is 23.3. The van der Waals surface area contributed by atoms with Gasteiger partial charge in [0.1, 0.15) is 5.75 Å². The monoisotopic (exact) mass is 444 g/mol. The average Bonchev–Trinajstić information content (AvgIpc) is 2.82. The average molecular weight is 445 g/mol. The van der Waals surface area contributed by atoms with Crippen LogP contribution in [0.2, 0.25) is 0 Å². The molecular weight excluding hydrogens is 412 g/mol. The zero-order chi connectivity index (χ0) is 22.4. The zero-order valence-electron chi connectivity index (χ0n) is 18.5. The molecule has 0 aliphatic heterocycles. The summed E-state index contributed by atoms with van der Waals surface area (Å²) in [5.41, 5.74) is 2.75. The normalized spacial score (nSPS) is 19.1. The van der Waals surface area contributed by atoms with Crippen LogP contribution in [0.5, 0.6) is 5.75 Å². The van der Waals surface area contributed by atoms with Gasteiger partial charge in [-0.2, -0.15) is 0 Å². The summed E-state index contributed by atoms with van der Waals surface area (Å²) in [6.07, 6.45) is 3.86. The van der Waals surface area contributed by atoms with Crippen molar-refractivity contribution in [2.24, 2.45) is 5.92 Å². The first-order valence-corrected chi connectivity index (χ1v) is 12.5. The molecular formula is C24H32N2O4S. The molecule has 3 rings (SSSR count). The van der Waals surface area contributed by atoms with Gasteiger partial charge in [0.2, 0.25) is 5.91 Å². The molecule has 0 heterocycles. The third-order valence-corrected chi connectivity index (χ3v) is 7.92. The summed E-state index contributed by atoms with van der Waals surface area (Å²) in [7, 11) is 0.366. The molecule has 1 fully saturated rings. The van der Waals surface area contributed by atoms with Crippen LogP contribution in [0.4, 0.5) is 0 Å². The number of methoxy groups -OCH3 is 1. The Morgan fingerprint density at radius 2 is 1.68 bits per heavy atom. The largest absolute Gasteiger partial charge is 0.496 e. The number of rotatable bonds is 8. The van der Waals surface area contributed by atoms with E-state index in [0.717, 1.165) is 42.4 Å².